The van der Waals surface area contributed by atoms with Crippen molar-refractivity contribution in [3.63, 3.8) is 0 Å². The second kappa shape index (κ2) is 6.03. The zero-order valence-electron chi connectivity index (χ0n) is 11.7. The van der Waals surface area contributed by atoms with Gasteiger partial charge >= 0.3 is 0 Å². The highest BCUT2D eigenvalue weighted by Gasteiger charge is 2.25. The first-order valence-corrected chi connectivity index (χ1v) is 6.75. The summed E-state index contributed by atoms with van der Waals surface area (Å²) >= 11 is 0. The average molecular weight is 279 g/mol. The number of nitrogens with zero attached hydrogens (tertiary/aromatic N) is 1. The maximum absolute atomic E-state index is 13.3. The number of ether oxygens (including phenoxy) is 1. The van der Waals surface area contributed by atoms with Crippen molar-refractivity contribution in [1.82, 2.24) is 4.90 Å². The van der Waals surface area contributed by atoms with Crippen LogP contribution in [0.15, 0.2) is 18.2 Å². The lowest BCUT2D eigenvalue weighted by molar-refractivity contribution is -0.136. The number of carbonyl (C=O) groups excluding carboxylic acids is 2. The Morgan fingerprint density at radius 2 is 1.95 bits per heavy atom. The maximum Gasteiger partial charge on any atom is 0.263 e. The summed E-state index contributed by atoms with van der Waals surface area (Å²) in [6.45, 7) is 4.47. The van der Waals surface area contributed by atoms with E-state index in [0.29, 0.717) is 0 Å². The van der Waals surface area contributed by atoms with E-state index < -0.39 is 11.9 Å². The highest BCUT2D eigenvalue weighted by Crippen LogP contribution is 2.22. The summed E-state index contributed by atoms with van der Waals surface area (Å²) in [4.78, 5) is 25.4. The molecule has 0 bridgehead atoms. The van der Waals surface area contributed by atoms with Gasteiger partial charge in [-0.15, -0.1) is 0 Å². The fourth-order valence-electron chi connectivity index (χ4n) is 2.32. The van der Waals surface area contributed by atoms with Crippen molar-refractivity contribution < 1.29 is 18.7 Å². The van der Waals surface area contributed by atoms with Gasteiger partial charge in [0, 0.05) is 19.2 Å². The summed E-state index contributed by atoms with van der Waals surface area (Å²) < 4.78 is 18.8. The van der Waals surface area contributed by atoms with E-state index in [1.54, 1.807) is 11.8 Å². The molecule has 1 aromatic carbocycles. The summed E-state index contributed by atoms with van der Waals surface area (Å²) in [6.07, 6.45) is 1.27. The molecule has 0 N–H and O–H groups in total. The van der Waals surface area contributed by atoms with Crippen LogP contribution >= 0.6 is 0 Å². The number of hydrogen-bond acceptors (Lipinski definition) is 3. The number of rotatable bonds is 4. The Kier molecular flexibility index (Phi) is 4.37. The van der Waals surface area contributed by atoms with Crippen molar-refractivity contribution in [3.05, 3.63) is 29.6 Å². The molecule has 0 saturated carbocycles. The molecule has 5 heteroatoms. The van der Waals surface area contributed by atoms with E-state index in [-0.39, 0.29) is 23.0 Å². The van der Waals surface area contributed by atoms with Gasteiger partial charge < -0.3 is 9.64 Å². The van der Waals surface area contributed by atoms with Crippen molar-refractivity contribution in [3.8, 4) is 5.75 Å². The molecule has 0 aliphatic carbocycles. The van der Waals surface area contributed by atoms with Crippen LogP contribution in [0.4, 0.5) is 4.39 Å². The zero-order chi connectivity index (χ0) is 14.7. The first-order valence-electron chi connectivity index (χ1n) is 6.75. The van der Waals surface area contributed by atoms with Gasteiger partial charge in [-0.25, -0.2) is 4.39 Å². The molecule has 1 aliphatic heterocycles. The number of benzene rings is 1. The minimum Gasteiger partial charge on any atom is -0.480 e. The van der Waals surface area contributed by atoms with Crippen molar-refractivity contribution in [2.24, 2.45) is 0 Å². The van der Waals surface area contributed by atoms with E-state index in [0.717, 1.165) is 32.0 Å². The maximum atomic E-state index is 13.3. The SMILES string of the molecule is CC(=O)c1ccc(F)cc1OC(C)C(=O)N1CCCC1. The molecule has 0 radical (unpaired) electrons. The van der Waals surface area contributed by atoms with Crippen LogP contribution in [0, 0.1) is 5.82 Å². The van der Waals surface area contributed by atoms with Crippen LogP contribution in [-0.4, -0.2) is 35.8 Å². The molecule has 1 atom stereocenters. The fourth-order valence-corrected chi connectivity index (χ4v) is 2.32. The summed E-state index contributed by atoms with van der Waals surface area (Å²) in [5.41, 5.74) is 0.285. The topological polar surface area (TPSA) is 46.6 Å². The van der Waals surface area contributed by atoms with Gasteiger partial charge in [0.25, 0.3) is 5.91 Å². The van der Waals surface area contributed by atoms with E-state index >= 15 is 0 Å². The molecule has 4 nitrogen and oxygen atoms in total. The van der Waals surface area contributed by atoms with E-state index in [1.165, 1.54) is 19.1 Å². The van der Waals surface area contributed by atoms with Crippen LogP contribution in [-0.2, 0) is 4.79 Å². The Morgan fingerprint density at radius 1 is 1.30 bits per heavy atom. The van der Waals surface area contributed by atoms with Crippen molar-refractivity contribution in [2.45, 2.75) is 32.8 Å². The van der Waals surface area contributed by atoms with Crippen molar-refractivity contribution >= 4 is 11.7 Å². The number of halogens is 1. The molecular formula is C15H18FNO3. The number of ketones is 1. The second-order valence-electron chi connectivity index (χ2n) is 4.99. The number of carbonyl (C=O) groups is 2. The third kappa shape index (κ3) is 3.15. The molecule has 20 heavy (non-hydrogen) atoms. The highest BCUT2D eigenvalue weighted by atomic mass is 19.1. The van der Waals surface area contributed by atoms with E-state index in [2.05, 4.69) is 0 Å². The van der Waals surface area contributed by atoms with Gasteiger partial charge in [-0.1, -0.05) is 0 Å². The molecule has 1 unspecified atom stereocenters. The molecule has 1 fully saturated rings. The van der Waals surface area contributed by atoms with Gasteiger partial charge in [0.15, 0.2) is 11.9 Å². The Bertz CT molecular complexity index is 524. The number of amides is 1. The molecule has 1 aromatic rings. The first-order chi connectivity index (χ1) is 9.49. The molecular weight excluding hydrogens is 261 g/mol. The van der Waals surface area contributed by atoms with Crippen LogP contribution in [0.25, 0.3) is 0 Å². The van der Waals surface area contributed by atoms with Crippen molar-refractivity contribution in [2.75, 3.05) is 13.1 Å². The minimum atomic E-state index is -0.729. The lowest BCUT2D eigenvalue weighted by Gasteiger charge is -2.22. The molecule has 0 spiro atoms. The predicted molar refractivity (Wildman–Crippen MR) is 72.3 cm³/mol. The van der Waals surface area contributed by atoms with E-state index in [1.807, 2.05) is 0 Å². The highest BCUT2D eigenvalue weighted by molar-refractivity contribution is 5.97. The predicted octanol–water partition coefficient (Wildman–Crippen LogP) is 2.42. The fraction of sp³-hybridized carbons (Fsp3) is 0.467. The van der Waals surface area contributed by atoms with Crippen LogP contribution in [0.1, 0.15) is 37.0 Å². The first kappa shape index (κ1) is 14.5. The van der Waals surface area contributed by atoms with Crippen molar-refractivity contribution in [1.29, 1.82) is 0 Å². The summed E-state index contributed by atoms with van der Waals surface area (Å²) in [7, 11) is 0. The molecule has 0 aromatic heterocycles. The Hall–Kier alpha value is -1.91. The smallest absolute Gasteiger partial charge is 0.263 e. The Balaban J connectivity index is 2.14. The standard InChI is InChI=1S/C15H18FNO3/c1-10(18)13-6-5-12(16)9-14(13)20-11(2)15(19)17-7-3-4-8-17/h5-6,9,11H,3-4,7-8H2,1-2H3. The largest absolute Gasteiger partial charge is 0.480 e. The molecule has 2 rings (SSSR count). The van der Waals surface area contributed by atoms with Crippen LogP contribution in [0.2, 0.25) is 0 Å². The summed E-state index contributed by atoms with van der Waals surface area (Å²) in [6, 6.07) is 3.72. The quantitative estimate of drug-likeness (QED) is 0.795. The van der Waals surface area contributed by atoms with Gasteiger partial charge in [0.05, 0.1) is 5.56 Å². The van der Waals surface area contributed by atoms with E-state index in [9.17, 15) is 14.0 Å². The number of Topliss-reactive ketones (excluding diaryl/α,β-unsaturated/α-hetero) is 1. The molecule has 108 valence electrons. The monoisotopic (exact) mass is 279 g/mol. The molecule has 1 heterocycles. The van der Waals surface area contributed by atoms with Crippen LogP contribution in [0.5, 0.6) is 5.75 Å². The third-order valence-corrected chi connectivity index (χ3v) is 3.39. The normalized spacial score (nSPS) is 16.1. The Morgan fingerprint density at radius 3 is 2.55 bits per heavy atom. The van der Waals surface area contributed by atoms with Crippen LogP contribution < -0.4 is 4.74 Å². The van der Waals surface area contributed by atoms with Gasteiger partial charge in [0.1, 0.15) is 11.6 Å². The van der Waals surface area contributed by atoms with E-state index in [4.69, 9.17) is 4.74 Å². The lowest BCUT2D eigenvalue weighted by atomic mass is 10.1. The Labute approximate surface area is 117 Å². The third-order valence-electron chi connectivity index (χ3n) is 3.39. The van der Waals surface area contributed by atoms with Gasteiger partial charge in [-0.2, -0.15) is 0 Å². The molecule has 1 amide bonds. The summed E-state index contributed by atoms with van der Waals surface area (Å²) in [5, 5.41) is 0. The van der Waals surface area contributed by atoms with Crippen LogP contribution in [0.3, 0.4) is 0 Å². The lowest BCUT2D eigenvalue weighted by Crippen LogP contribution is -2.38. The molecule has 1 saturated heterocycles. The average Bonchev–Trinajstić information content (AvgIpc) is 2.91. The second-order valence-corrected chi connectivity index (χ2v) is 4.99. The van der Waals surface area contributed by atoms with Gasteiger partial charge in [-0.3, -0.25) is 9.59 Å². The van der Waals surface area contributed by atoms with Gasteiger partial charge in [-0.05, 0) is 38.8 Å². The minimum absolute atomic E-state index is 0.123. The zero-order valence-corrected chi connectivity index (χ0v) is 11.7. The summed E-state index contributed by atoms with van der Waals surface area (Å²) in [5.74, 6) is -0.717. The van der Waals surface area contributed by atoms with Gasteiger partial charge in [0.2, 0.25) is 0 Å². The number of likely N-dealkylation sites (tertiary alicyclic amines) is 1. The molecule has 1 aliphatic rings. The number of hydrogen-bond donors (Lipinski definition) is 0.